The molecule has 23 heavy (non-hydrogen) atoms. The molecule has 0 bridgehead atoms. The summed E-state index contributed by atoms with van der Waals surface area (Å²) in [6, 6.07) is 3.12. The highest BCUT2D eigenvalue weighted by Crippen LogP contribution is 2.38. The summed E-state index contributed by atoms with van der Waals surface area (Å²) < 4.78 is 38.3. The van der Waals surface area contributed by atoms with Gasteiger partial charge in [0.25, 0.3) is 5.69 Å². The van der Waals surface area contributed by atoms with Gasteiger partial charge in [0, 0.05) is 25.2 Å². The van der Waals surface area contributed by atoms with Crippen molar-refractivity contribution >= 4 is 11.4 Å². The SMILES string of the molecule is O=[N+]([O-])c1cc(C(F)(F)F)ccc1N1CCC(N2CCCC2)C1. The number of halogens is 3. The molecule has 8 heteroatoms. The Morgan fingerprint density at radius 2 is 1.87 bits per heavy atom. The van der Waals surface area contributed by atoms with Gasteiger partial charge in [-0.3, -0.25) is 15.0 Å². The number of nitrogens with zero attached hydrogens (tertiary/aromatic N) is 3. The number of nitro benzene ring substituents is 1. The van der Waals surface area contributed by atoms with E-state index in [-0.39, 0.29) is 5.69 Å². The van der Waals surface area contributed by atoms with Crippen LogP contribution >= 0.6 is 0 Å². The van der Waals surface area contributed by atoms with Crippen LogP contribution < -0.4 is 4.90 Å². The first-order valence-electron chi connectivity index (χ1n) is 7.71. The van der Waals surface area contributed by atoms with E-state index < -0.39 is 22.4 Å². The Hall–Kier alpha value is -1.83. The Labute approximate surface area is 131 Å². The highest BCUT2D eigenvalue weighted by Gasteiger charge is 2.36. The van der Waals surface area contributed by atoms with Crippen molar-refractivity contribution < 1.29 is 18.1 Å². The van der Waals surface area contributed by atoms with E-state index in [2.05, 4.69) is 4.90 Å². The fourth-order valence-corrected chi connectivity index (χ4v) is 3.48. The molecule has 1 aromatic carbocycles. The van der Waals surface area contributed by atoms with Gasteiger partial charge in [-0.25, -0.2) is 0 Å². The minimum Gasteiger partial charge on any atom is -0.364 e. The monoisotopic (exact) mass is 329 g/mol. The molecule has 0 N–H and O–H groups in total. The summed E-state index contributed by atoms with van der Waals surface area (Å²) in [6.07, 6.45) is -1.36. The van der Waals surface area contributed by atoms with Crippen LogP contribution in [0.5, 0.6) is 0 Å². The second kappa shape index (κ2) is 5.99. The Balaban J connectivity index is 1.83. The van der Waals surface area contributed by atoms with Gasteiger partial charge in [-0.2, -0.15) is 13.2 Å². The molecule has 1 aromatic rings. The Morgan fingerprint density at radius 1 is 1.17 bits per heavy atom. The van der Waals surface area contributed by atoms with Gasteiger partial charge in [-0.05, 0) is 44.5 Å². The molecular weight excluding hydrogens is 311 g/mol. The van der Waals surface area contributed by atoms with E-state index in [0.717, 1.165) is 38.4 Å². The number of likely N-dealkylation sites (tertiary alicyclic amines) is 1. The molecule has 2 fully saturated rings. The molecule has 2 saturated heterocycles. The van der Waals surface area contributed by atoms with E-state index in [1.165, 1.54) is 6.07 Å². The van der Waals surface area contributed by atoms with E-state index in [4.69, 9.17) is 0 Å². The summed E-state index contributed by atoms with van der Waals surface area (Å²) in [5, 5.41) is 11.2. The van der Waals surface area contributed by atoms with Crippen molar-refractivity contribution in [2.24, 2.45) is 0 Å². The predicted octanol–water partition coefficient (Wildman–Crippen LogP) is 3.29. The molecule has 2 aliphatic rings. The van der Waals surface area contributed by atoms with Gasteiger partial charge >= 0.3 is 6.18 Å². The third-order valence-electron chi connectivity index (χ3n) is 4.66. The topological polar surface area (TPSA) is 49.6 Å². The molecule has 3 rings (SSSR count). The van der Waals surface area contributed by atoms with Gasteiger partial charge in [0.05, 0.1) is 10.5 Å². The van der Waals surface area contributed by atoms with E-state index in [1.54, 1.807) is 0 Å². The van der Waals surface area contributed by atoms with Crippen molar-refractivity contribution in [1.29, 1.82) is 0 Å². The standard InChI is InChI=1S/C15H18F3N3O2/c16-15(17,18)11-3-4-13(14(9-11)21(22)23)20-8-5-12(10-20)19-6-1-2-7-19/h3-4,9,12H,1-2,5-8,10H2. The van der Waals surface area contributed by atoms with Crippen LogP contribution in [-0.4, -0.2) is 42.0 Å². The van der Waals surface area contributed by atoms with Crippen LogP contribution in [0.4, 0.5) is 24.5 Å². The molecule has 2 aliphatic heterocycles. The lowest BCUT2D eigenvalue weighted by Crippen LogP contribution is -2.35. The highest BCUT2D eigenvalue weighted by molar-refractivity contribution is 5.65. The average Bonchev–Trinajstić information content (AvgIpc) is 3.16. The van der Waals surface area contributed by atoms with Crippen LogP contribution in [0, 0.1) is 10.1 Å². The summed E-state index contributed by atoms with van der Waals surface area (Å²) in [7, 11) is 0. The molecule has 0 spiro atoms. The number of benzene rings is 1. The summed E-state index contributed by atoms with van der Waals surface area (Å²) in [6.45, 7) is 3.33. The maximum Gasteiger partial charge on any atom is 0.416 e. The first kappa shape index (κ1) is 16.0. The maximum atomic E-state index is 12.8. The average molecular weight is 329 g/mol. The lowest BCUT2D eigenvalue weighted by Gasteiger charge is -2.24. The zero-order chi connectivity index (χ0) is 16.6. The molecule has 1 unspecified atom stereocenters. The van der Waals surface area contributed by atoms with Crippen molar-refractivity contribution in [3.63, 3.8) is 0 Å². The van der Waals surface area contributed by atoms with Crippen LogP contribution in [0.1, 0.15) is 24.8 Å². The van der Waals surface area contributed by atoms with Crippen molar-refractivity contribution in [2.75, 3.05) is 31.1 Å². The zero-order valence-electron chi connectivity index (χ0n) is 12.6. The van der Waals surface area contributed by atoms with Crippen LogP contribution in [0.3, 0.4) is 0 Å². The van der Waals surface area contributed by atoms with Gasteiger partial charge < -0.3 is 4.90 Å². The third-order valence-corrected chi connectivity index (χ3v) is 4.66. The molecule has 2 heterocycles. The number of nitro groups is 1. The second-order valence-electron chi connectivity index (χ2n) is 6.09. The summed E-state index contributed by atoms with van der Waals surface area (Å²) in [4.78, 5) is 14.7. The number of hydrogen-bond acceptors (Lipinski definition) is 4. The quantitative estimate of drug-likeness (QED) is 0.631. The highest BCUT2D eigenvalue weighted by atomic mass is 19.4. The van der Waals surface area contributed by atoms with Gasteiger partial charge in [-0.15, -0.1) is 0 Å². The molecule has 1 atom stereocenters. The number of hydrogen-bond donors (Lipinski definition) is 0. The fraction of sp³-hybridized carbons (Fsp3) is 0.600. The van der Waals surface area contributed by atoms with Crippen molar-refractivity contribution in [1.82, 2.24) is 4.90 Å². The third kappa shape index (κ3) is 3.26. The summed E-state index contributed by atoms with van der Waals surface area (Å²) in [5.74, 6) is 0. The fourth-order valence-electron chi connectivity index (χ4n) is 3.48. The molecule has 0 radical (unpaired) electrons. The van der Waals surface area contributed by atoms with E-state index in [1.807, 2.05) is 4.90 Å². The summed E-state index contributed by atoms with van der Waals surface area (Å²) in [5.41, 5.74) is -1.17. The predicted molar refractivity (Wildman–Crippen MR) is 79.5 cm³/mol. The van der Waals surface area contributed by atoms with Gasteiger partial charge in [0.1, 0.15) is 5.69 Å². The molecule has 0 saturated carbocycles. The smallest absolute Gasteiger partial charge is 0.364 e. The van der Waals surface area contributed by atoms with E-state index in [0.29, 0.717) is 25.2 Å². The molecule has 126 valence electrons. The van der Waals surface area contributed by atoms with Crippen molar-refractivity contribution in [3.8, 4) is 0 Å². The minimum atomic E-state index is -4.58. The van der Waals surface area contributed by atoms with E-state index in [9.17, 15) is 23.3 Å². The van der Waals surface area contributed by atoms with Gasteiger partial charge in [0.15, 0.2) is 0 Å². The van der Waals surface area contributed by atoms with Crippen LogP contribution in [0.2, 0.25) is 0 Å². The number of anilines is 1. The normalized spacial score (nSPS) is 22.7. The maximum absolute atomic E-state index is 12.8. The largest absolute Gasteiger partial charge is 0.416 e. The van der Waals surface area contributed by atoms with Crippen LogP contribution in [-0.2, 0) is 6.18 Å². The molecule has 0 aromatic heterocycles. The molecular formula is C15H18F3N3O2. The second-order valence-corrected chi connectivity index (χ2v) is 6.09. The van der Waals surface area contributed by atoms with Crippen LogP contribution in [0.15, 0.2) is 18.2 Å². The lowest BCUT2D eigenvalue weighted by atomic mass is 10.1. The Bertz CT molecular complexity index is 600. The van der Waals surface area contributed by atoms with E-state index >= 15 is 0 Å². The van der Waals surface area contributed by atoms with Gasteiger partial charge in [0.2, 0.25) is 0 Å². The van der Waals surface area contributed by atoms with Crippen LogP contribution in [0.25, 0.3) is 0 Å². The lowest BCUT2D eigenvalue weighted by molar-refractivity contribution is -0.384. The first-order valence-corrected chi connectivity index (χ1v) is 7.71. The Morgan fingerprint density at radius 3 is 2.48 bits per heavy atom. The Kier molecular flexibility index (Phi) is 4.18. The number of alkyl halides is 3. The molecule has 0 aliphatic carbocycles. The van der Waals surface area contributed by atoms with Crippen molar-refractivity contribution in [3.05, 3.63) is 33.9 Å². The number of rotatable bonds is 3. The first-order chi connectivity index (χ1) is 10.9. The minimum absolute atomic E-state index is 0.282. The van der Waals surface area contributed by atoms with Crippen molar-refractivity contribution in [2.45, 2.75) is 31.5 Å². The molecule has 5 nitrogen and oxygen atoms in total. The molecule has 0 amide bonds. The zero-order valence-corrected chi connectivity index (χ0v) is 12.6. The van der Waals surface area contributed by atoms with Gasteiger partial charge in [-0.1, -0.05) is 0 Å². The summed E-state index contributed by atoms with van der Waals surface area (Å²) >= 11 is 0.